The van der Waals surface area contributed by atoms with Crippen molar-refractivity contribution < 1.29 is 4.79 Å². The van der Waals surface area contributed by atoms with Crippen LogP contribution in [-0.2, 0) is 13.5 Å². The smallest absolute Gasteiger partial charge is 0.179 e. The number of nitriles is 1. The normalized spacial score (nSPS) is 18.7. The fourth-order valence-corrected chi connectivity index (χ4v) is 3.03. The Bertz CT molecular complexity index is 676. The molecule has 0 spiro atoms. The number of benzene rings is 1. The van der Waals surface area contributed by atoms with Crippen LogP contribution in [0.4, 0.5) is 0 Å². The molecule has 1 atom stereocenters. The van der Waals surface area contributed by atoms with Gasteiger partial charge in [-0.25, -0.2) is 0 Å². The van der Waals surface area contributed by atoms with Crippen LogP contribution in [0, 0.1) is 17.2 Å². The summed E-state index contributed by atoms with van der Waals surface area (Å²) in [5.74, 6) is 0.357. The van der Waals surface area contributed by atoms with Gasteiger partial charge in [-0.1, -0.05) is 18.2 Å². The molecule has 18 heavy (non-hydrogen) atoms. The number of para-hydroxylation sites is 1. The summed E-state index contributed by atoms with van der Waals surface area (Å²) in [5.41, 5.74) is 3.07. The van der Waals surface area contributed by atoms with Gasteiger partial charge >= 0.3 is 0 Å². The van der Waals surface area contributed by atoms with Crippen LogP contribution in [0.2, 0.25) is 0 Å². The Hall–Kier alpha value is -2.08. The van der Waals surface area contributed by atoms with Crippen molar-refractivity contribution in [1.82, 2.24) is 4.57 Å². The third-order valence-electron chi connectivity index (χ3n) is 3.82. The van der Waals surface area contributed by atoms with Crippen molar-refractivity contribution in [3.8, 4) is 6.07 Å². The standard InChI is InChI=1S/C15H14N2O/c1-17-13-5-3-2-4-11(13)12-8-10(6-7-16)9-14(18)15(12)17/h2-5,10H,6,8-9H2,1H3. The van der Waals surface area contributed by atoms with Crippen LogP contribution in [0.15, 0.2) is 24.3 Å². The highest BCUT2D eigenvalue weighted by molar-refractivity contribution is 6.04. The quantitative estimate of drug-likeness (QED) is 0.766. The maximum absolute atomic E-state index is 12.2. The van der Waals surface area contributed by atoms with Crippen LogP contribution < -0.4 is 0 Å². The number of nitrogens with zero attached hydrogens (tertiary/aromatic N) is 2. The number of hydrogen-bond donors (Lipinski definition) is 0. The second kappa shape index (κ2) is 3.99. The van der Waals surface area contributed by atoms with Crippen LogP contribution in [0.25, 0.3) is 10.9 Å². The minimum absolute atomic E-state index is 0.176. The highest BCUT2D eigenvalue weighted by Gasteiger charge is 2.29. The Morgan fingerprint density at radius 2 is 2.17 bits per heavy atom. The van der Waals surface area contributed by atoms with Crippen molar-refractivity contribution in [2.75, 3.05) is 0 Å². The van der Waals surface area contributed by atoms with E-state index in [9.17, 15) is 4.79 Å². The van der Waals surface area contributed by atoms with Gasteiger partial charge in [0.1, 0.15) is 0 Å². The van der Waals surface area contributed by atoms with Crippen LogP contribution in [0.3, 0.4) is 0 Å². The molecule has 0 saturated carbocycles. The number of ketones is 1. The van der Waals surface area contributed by atoms with Gasteiger partial charge in [0.15, 0.2) is 5.78 Å². The first-order valence-corrected chi connectivity index (χ1v) is 6.18. The molecule has 0 aliphatic heterocycles. The van der Waals surface area contributed by atoms with Gasteiger partial charge in [-0.05, 0) is 24.0 Å². The summed E-state index contributed by atoms with van der Waals surface area (Å²) < 4.78 is 2.00. The number of aryl methyl sites for hydroxylation is 1. The van der Waals surface area contributed by atoms with E-state index in [-0.39, 0.29) is 11.7 Å². The summed E-state index contributed by atoms with van der Waals surface area (Å²) in [7, 11) is 1.95. The predicted octanol–water partition coefficient (Wildman–Crippen LogP) is 2.84. The zero-order chi connectivity index (χ0) is 12.7. The van der Waals surface area contributed by atoms with E-state index in [1.54, 1.807) is 0 Å². The largest absolute Gasteiger partial charge is 0.341 e. The molecule has 90 valence electrons. The fourth-order valence-electron chi connectivity index (χ4n) is 3.03. The molecule has 1 aliphatic carbocycles. The van der Waals surface area contributed by atoms with Gasteiger partial charge in [-0.15, -0.1) is 0 Å². The first-order valence-electron chi connectivity index (χ1n) is 6.18. The molecule has 0 radical (unpaired) electrons. The monoisotopic (exact) mass is 238 g/mol. The molecule has 1 aromatic heterocycles. The maximum Gasteiger partial charge on any atom is 0.179 e. The number of carbonyl (C=O) groups is 1. The third kappa shape index (κ3) is 1.46. The Balaban J connectivity index is 2.21. The van der Waals surface area contributed by atoms with Crippen molar-refractivity contribution in [3.05, 3.63) is 35.5 Å². The van der Waals surface area contributed by atoms with Crippen molar-refractivity contribution in [2.24, 2.45) is 13.0 Å². The van der Waals surface area contributed by atoms with Crippen molar-refractivity contribution in [3.63, 3.8) is 0 Å². The SMILES string of the molecule is Cn1c2c(c3ccccc31)CC(CC#N)CC2=O. The maximum atomic E-state index is 12.2. The summed E-state index contributed by atoms with van der Waals surface area (Å²) >= 11 is 0. The second-order valence-corrected chi connectivity index (χ2v) is 4.96. The van der Waals surface area contributed by atoms with Crippen LogP contribution >= 0.6 is 0 Å². The first-order chi connectivity index (χ1) is 8.72. The van der Waals surface area contributed by atoms with Crippen molar-refractivity contribution >= 4 is 16.7 Å². The number of fused-ring (bicyclic) bond motifs is 3. The molecular formula is C15H14N2O. The molecule has 3 nitrogen and oxygen atoms in total. The Labute approximate surface area is 106 Å². The number of aromatic nitrogens is 1. The molecule has 0 fully saturated rings. The highest BCUT2D eigenvalue weighted by Crippen LogP contribution is 2.34. The van der Waals surface area contributed by atoms with E-state index in [1.165, 1.54) is 0 Å². The lowest BCUT2D eigenvalue weighted by Crippen LogP contribution is -2.21. The lowest BCUT2D eigenvalue weighted by molar-refractivity contribution is 0.0942. The molecule has 0 amide bonds. The molecule has 1 unspecified atom stereocenters. The minimum Gasteiger partial charge on any atom is -0.341 e. The van der Waals surface area contributed by atoms with Crippen LogP contribution in [-0.4, -0.2) is 10.4 Å². The van der Waals surface area contributed by atoms with E-state index in [0.717, 1.165) is 28.6 Å². The average Bonchev–Trinajstić information content (AvgIpc) is 2.65. The van der Waals surface area contributed by atoms with Gasteiger partial charge in [0, 0.05) is 30.8 Å². The molecule has 1 heterocycles. The molecule has 1 aliphatic rings. The second-order valence-electron chi connectivity index (χ2n) is 4.96. The van der Waals surface area contributed by atoms with Gasteiger partial charge in [0.05, 0.1) is 11.8 Å². The van der Waals surface area contributed by atoms with Crippen molar-refractivity contribution in [1.29, 1.82) is 5.26 Å². The van der Waals surface area contributed by atoms with Gasteiger partial charge < -0.3 is 4.57 Å². The first kappa shape index (κ1) is 11.0. The molecule has 3 heteroatoms. The van der Waals surface area contributed by atoms with E-state index in [0.29, 0.717) is 12.8 Å². The number of carbonyl (C=O) groups excluding carboxylic acids is 1. The molecule has 0 bridgehead atoms. The van der Waals surface area contributed by atoms with E-state index >= 15 is 0 Å². The molecule has 2 aromatic rings. The topological polar surface area (TPSA) is 45.8 Å². The summed E-state index contributed by atoms with van der Waals surface area (Å²) in [5, 5.41) is 9.96. The minimum atomic E-state index is 0.176. The van der Waals surface area contributed by atoms with Gasteiger partial charge in [0.25, 0.3) is 0 Å². The zero-order valence-electron chi connectivity index (χ0n) is 10.3. The number of Topliss-reactive ketones (excluding diaryl/α,β-unsaturated/α-hetero) is 1. The summed E-state index contributed by atoms with van der Waals surface area (Å²) in [6.45, 7) is 0. The molecule has 0 saturated heterocycles. The summed E-state index contributed by atoms with van der Waals surface area (Å²) in [6.07, 6.45) is 1.81. The van der Waals surface area contributed by atoms with E-state index in [1.807, 2.05) is 29.8 Å². The van der Waals surface area contributed by atoms with Gasteiger partial charge in [-0.2, -0.15) is 5.26 Å². The molecule has 0 N–H and O–H groups in total. The number of hydrogen-bond acceptors (Lipinski definition) is 2. The van der Waals surface area contributed by atoms with Gasteiger partial charge in [-0.3, -0.25) is 4.79 Å². The van der Waals surface area contributed by atoms with E-state index in [2.05, 4.69) is 12.1 Å². The van der Waals surface area contributed by atoms with E-state index < -0.39 is 0 Å². The Kier molecular flexibility index (Phi) is 2.45. The van der Waals surface area contributed by atoms with Gasteiger partial charge in [0.2, 0.25) is 0 Å². The van der Waals surface area contributed by atoms with E-state index in [4.69, 9.17) is 5.26 Å². The van der Waals surface area contributed by atoms with Crippen LogP contribution in [0.5, 0.6) is 0 Å². The molecular weight excluding hydrogens is 224 g/mol. The number of rotatable bonds is 1. The van der Waals surface area contributed by atoms with Crippen molar-refractivity contribution in [2.45, 2.75) is 19.3 Å². The predicted molar refractivity (Wildman–Crippen MR) is 69.3 cm³/mol. The fraction of sp³-hybridized carbons (Fsp3) is 0.333. The Morgan fingerprint density at radius 3 is 2.94 bits per heavy atom. The zero-order valence-corrected chi connectivity index (χ0v) is 10.3. The lowest BCUT2D eigenvalue weighted by Gasteiger charge is -2.20. The summed E-state index contributed by atoms with van der Waals surface area (Å²) in [4.78, 5) is 12.2. The summed E-state index contributed by atoms with van der Waals surface area (Å²) in [6, 6.07) is 10.3. The molecule has 3 rings (SSSR count). The lowest BCUT2D eigenvalue weighted by atomic mass is 9.84. The average molecular weight is 238 g/mol. The molecule has 1 aromatic carbocycles. The Morgan fingerprint density at radius 1 is 1.39 bits per heavy atom. The third-order valence-corrected chi connectivity index (χ3v) is 3.82. The van der Waals surface area contributed by atoms with Crippen LogP contribution in [0.1, 0.15) is 28.9 Å². The highest BCUT2D eigenvalue weighted by atomic mass is 16.1.